The predicted molar refractivity (Wildman–Crippen MR) is 288 cm³/mol. The minimum atomic E-state index is -0.0953. The number of aryl methyl sites for hydroxylation is 2. The molecule has 0 fully saturated rings. The molecule has 7 aromatic heterocycles. The molecule has 73 heavy (non-hydrogen) atoms. The zero-order valence-electron chi connectivity index (χ0n) is 40.5. The Morgan fingerprint density at radius 3 is 1.85 bits per heavy atom. The van der Waals surface area contributed by atoms with Crippen molar-refractivity contribution in [3.8, 4) is 28.6 Å². The van der Waals surface area contributed by atoms with E-state index in [1.165, 1.54) is 16.3 Å². The third kappa shape index (κ3) is 6.14. The van der Waals surface area contributed by atoms with E-state index in [0.717, 1.165) is 117 Å². The summed E-state index contributed by atoms with van der Waals surface area (Å²) in [7, 11) is 0. The Labute approximate surface area is 433 Å². The largest absolute Gasteiger partial charge is 0.331 e. The summed E-state index contributed by atoms with van der Waals surface area (Å²) in [6, 6.07) is 67.9. The molecule has 0 radical (unpaired) electrons. The molecule has 15 aromatic rings. The molecule has 10 nitrogen and oxygen atoms in total. The van der Waals surface area contributed by atoms with Crippen LogP contribution in [-0.2, 0) is 26.5 Å². The molecule has 0 aliphatic carbocycles. The molecule has 0 N–H and O–H groups in total. The predicted octanol–water partition coefficient (Wildman–Crippen LogP) is 13.2. The second-order valence-electron chi connectivity index (χ2n) is 20.0. The number of pyridine rings is 1. The van der Waals surface area contributed by atoms with Gasteiger partial charge in [-0.25, -0.2) is 15.0 Å². The van der Waals surface area contributed by atoms with E-state index in [-0.39, 0.29) is 26.5 Å². The number of hydrogen-bond acceptors (Lipinski definition) is 3. The van der Waals surface area contributed by atoms with E-state index in [9.17, 15) is 0 Å². The maximum Gasteiger partial charge on any atom is 0.268 e. The Hall–Kier alpha value is -8.59. The fourth-order valence-electron chi connectivity index (χ4n) is 11.2. The van der Waals surface area contributed by atoms with E-state index in [0.29, 0.717) is 0 Å². The Morgan fingerprint density at radius 1 is 0.507 bits per heavy atom. The van der Waals surface area contributed by atoms with Crippen molar-refractivity contribution < 1.29 is 25.6 Å². The molecule has 11 heteroatoms. The van der Waals surface area contributed by atoms with Gasteiger partial charge in [0.1, 0.15) is 5.82 Å². The van der Waals surface area contributed by atoms with Crippen LogP contribution in [0.25, 0.3) is 117 Å². The maximum atomic E-state index is 5.44. The van der Waals surface area contributed by atoms with E-state index in [2.05, 4.69) is 255 Å². The molecule has 354 valence electrons. The zero-order chi connectivity index (χ0) is 48.1. The summed E-state index contributed by atoms with van der Waals surface area (Å²) in [6.45, 7) is 11.0. The molecule has 0 saturated heterocycles. The molecule has 15 rings (SSSR count). The monoisotopic (exact) mass is 1120 g/mol. The van der Waals surface area contributed by atoms with Gasteiger partial charge in [-0.05, 0) is 112 Å². The molecule has 0 bridgehead atoms. The Balaban J connectivity index is 0.00000493. The van der Waals surface area contributed by atoms with Crippen molar-refractivity contribution in [1.82, 2.24) is 42.0 Å². The SMILES string of the molecule is Cc1cccc2c1nc1n(-c3[c-]c(-n4[c-][n+](-c5cccc6c7ccccc7n(-c7ccccc7)c56)c5ccccc54)ccc3)c3[c-]c4c(cc3n21)n1c2cccc(C)c2nc1n4-c1cc(C(C)(C)C)ccn1.[Pt]. The number of aromatic nitrogens is 10. The Morgan fingerprint density at radius 2 is 1.11 bits per heavy atom. The first-order valence-corrected chi connectivity index (χ1v) is 24.4. The topological polar surface area (TPSA) is 71.1 Å². The molecule has 0 aliphatic rings. The van der Waals surface area contributed by atoms with Crippen molar-refractivity contribution in [1.29, 1.82) is 0 Å². The van der Waals surface area contributed by atoms with Crippen molar-refractivity contribution in [2.75, 3.05) is 0 Å². The molecule has 0 spiro atoms. The maximum absolute atomic E-state index is 5.44. The smallest absolute Gasteiger partial charge is 0.268 e. The number of fused-ring (bicyclic) bond motifs is 14. The van der Waals surface area contributed by atoms with Crippen LogP contribution in [0, 0.1) is 32.3 Å². The van der Waals surface area contributed by atoms with Crippen LogP contribution in [-0.4, -0.2) is 42.0 Å². The van der Waals surface area contributed by atoms with Gasteiger partial charge in [-0.3, -0.25) is 9.13 Å². The number of hydrogen-bond donors (Lipinski definition) is 0. The number of imidazole rings is 5. The van der Waals surface area contributed by atoms with Crippen molar-refractivity contribution in [2.24, 2.45) is 0 Å². The Bertz CT molecular complexity index is 4760. The minimum absolute atomic E-state index is 0. The van der Waals surface area contributed by atoms with Crippen LogP contribution in [0.2, 0.25) is 0 Å². The minimum Gasteiger partial charge on any atom is -0.331 e. The van der Waals surface area contributed by atoms with Crippen LogP contribution >= 0.6 is 0 Å². The van der Waals surface area contributed by atoms with Crippen LogP contribution < -0.4 is 4.57 Å². The van der Waals surface area contributed by atoms with E-state index >= 15 is 0 Å². The van der Waals surface area contributed by atoms with Gasteiger partial charge in [0.25, 0.3) is 6.33 Å². The van der Waals surface area contributed by atoms with Gasteiger partial charge in [-0.1, -0.05) is 124 Å². The fraction of sp³-hybridized carbons (Fsp3) is 0.0968. The van der Waals surface area contributed by atoms with Gasteiger partial charge >= 0.3 is 0 Å². The average Bonchev–Trinajstić information content (AvgIpc) is 4.25. The summed E-state index contributed by atoms with van der Waals surface area (Å²) in [6.07, 6.45) is 5.75. The van der Waals surface area contributed by atoms with Crippen LogP contribution in [0.3, 0.4) is 0 Å². The van der Waals surface area contributed by atoms with Crippen molar-refractivity contribution >= 4 is 88.5 Å². The third-order valence-corrected chi connectivity index (χ3v) is 14.6. The van der Waals surface area contributed by atoms with Crippen LogP contribution in [0.1, 0.15) is 37.5 Å². The summed E-state index contributed by atoms with van der Waals surface area (Å²) >= 11 is 0. The number of nitrogens with zero attached hydrogens (tertiary/aromatic N) is 10. The van der Waals surface area contributed by atoms with Crippen LogP contribution in [0.4, 0.5) is 0 Å². The molecule has 0 aliphatic heterocycles. The van der Waals surface area contributed by atoms with Crippen molar-refractivity contribution in [3.05, 3.63) is 211 Å². The normalized spacial score (nSPS) is 12.3. The Kier molecular flexibility index (Phi) is 9.30. The molecular weight excluding hydrogens is 1080 g/mol. The van der Waals surface area contributed by atoms with E-state index in [1.807, 2.05) is 6.20 Å². The summed E-state index contributed by atoms with van der Waals surface area (Å²) in [5.74, 6) is 2.33. The zero-order valence-corrected chi connectivity index (χ0v) is 42.8. The van der Waals surface area contributed by atoms with Crippen molar-refractivity contribution in [3.63, 3.8) is 0 Å². The standard InChI is InChI=1S/C62H44N10.Pt/c1-38-17-13-28-49-57(38)64-60-69(52-35-55-54(36-53(52)70(49)60)71-50-29-14-18-39(2)58(50)65-61(71)72(55)56-33-40(31-32-63-56)62(3,4)5)43-22-15-21-42(34-43)66-37-67(48-27-12-11-26-47(48)66)51-30-16-24-45-44-23-9-10-25-46(44)68(59(45)51)41-19-7-6-8-20-41;/h6-33,36H,1-5H3;/q-2;. The molecular formula is C62H44N10Pt-2. The molecule has 0 saturated carbocycles. The van der Waals surface area contributed by atoms with Gasteiger partial charge in [0.05, 0.1) is 49.8 Å². The van der Waals surface area contributed by atoms with E-state index in [4.69, 9.17) is 15.0 Å². The van der Waals surface area contributed by atoms with Gasteiger partial charge in [0.2, 0.25) is 11.6 Å². The third-order valence-electron chi connectivity index (χ3n) is 14.6. The van der Waals surface area contributed by atoms with E-state index < -0.39 is 0 Å². The van der Waals surface area contributed by atoms with Gasteiger partial charge in [-0.15, -0.1) is 18.2 Å². The first-order chi connectivity index (χ1) is 35.2. The molecule has 7 heterocycles. The van der Waals surface area contributed by atoms with Crippen LogP contribution in [0.15, 0.2) is 176 Å². The second kappa shape index (κ2) is 15.7. The molecule has 0 unspecified atom stereocenters. The van der Waals surface area contributed by atoms with Gasteiger partial charge in [-0.2, -0.15) is 18.2 Å². The summed E-state index contributed by atoms with van der Waals surface area (Å²) in [4.78, 5) is 15.8. The molecule has 0 amide bonds. The van der Waals surface area contributed by atoms with Gasteiger partial charge in [0.15, 0.2) is 0 Å². The number of rotatable bonds is 5. The average molecular weight is 1120 g/mol. The molecule has 8 aromatic carbocycles. The quantitative estimate of drug-likeness (QED) is 0.127. The summed E-state index contributed by atoms with van der Waals surface area (Å²) in [5.41, 5.74) is 19.0. The van der Waals surface area contributed by atoms with E-state index in [1.54, 1.807) is 0 Å². The summed E-state index contributed by atoms with van der Waals surface area (Å²) < 4.78 is 15.6. The summed E-state index contributed by atoms with van der Waals surface area (Å²) in [5, 5.41) is 2.37. The van der Waals surface area contributed by atoms with Gasteiger partial charge in [0, 0.05) is 43.7 Å². The number of benzene rings is 8. The number of para-hydroxylation sites is 7. The first kappa shape index (κ1) is 43.2. The van der Waals surface area contributed by atoms with Crippen LogP contribution in [0.5, 0.6) is 0 Å². The first-order valence-electron chi connectivity index (χ1n) is 24.4. The fourth-order valence-corrected chi connectivity index (χ4v) is 11.2. The second-order valence-corrected chi connectivity index (χ2v) is 20.0. The van der Waals surface area contributed by atoms with Crippen molar-refractivity contribution in [2.45, 2.75) is 40.0 Å². The van der Waals surface area contributed by atoms with Gasteiger partial charge < -0.3 is 22.5 Å². The molecule has 0 atom stereocenters.